The minimum atomic E-state index is -4.78. The highest BCUT2D eigenvalue weighted by atomic mass is 35.5. The second-order valence-electron chi connectivity index (χ2n) is 5.13. The fourth-order valence-corrected chi connectivity index (χ4v) is 2.43. The van der Waals surface area contributed by atoms with Gasteiger partial charge in [0.2, 0.25) is 0 Å². The van der Waals surface area contributed by atoms with Gasteiger partial charge in [-0.25, -0.2) is 4.79 Å². The Balaban J connectivity index is 2.18. The van der Waals surface area contributed by atoms with Gasteiger partial charge < -0.3 is 4.74 Å². The molecule has 0 spiro atoms. The lowest BCUT2D eigenvalue weighted by Gasteiger charge is -2.37. The van der Waals surface area contributed by atoms with Gasteiger partial charge in [-0.1, -0.05) is 17.7 Å². The minimum absolute atomic E-state index is 0.0495. The number of fused-ring (bicyclic) bond motifs is 1. The van der Waals surface area contributed by atoms with Crippen molar-refractivity contribution in [3.8, 4) is 0 Å². The third-order valence-corrected chi connectivity index (χ3v) is 3.75. The normalized spacial score (nSPS) is 25.4. The van der Waals surface area contributed by atoms with Gasteiger partial charge in [0.15, 0.2) is 0 Å². The highest BCUT2D eigenvalue weighted by Gasteiger charge is 2.60. The number of benzene rings is 1. The lowest BCUT2D eigenvalue weighted by molar-refractivity contribution is -0.243. The van der Waals surface area contributed by atoms with E-state index in [1.54, 1.807) is 0 Å². The molecule has 1 amide bonds. The smallest absolute Gasteiger partial charge is 0.424 e. The monoisotopic (exact) mass is 317 g/mol. The molecule has 1 aromatic rings. The second-order valence-corrected chi connectivity index (χ2v) is 5.57. The fraction of sp³-hybridized carbons (Fsp3) is 0.357. The number of amides is 1. The zero-order valence-electron chi connectivity index (χ0n) is 10.7. The number of carbonyl (C=O) groups is 1. The van der Waals surface area contributed by atoms with E-state index in [0.717, 1.165) is 18.9 Å². The molecule has 0 radical (unpaired) electrons. The van der Waals surface area contributed by atoms with Crippen LogP contribution in [0.2, 0.25) is 5.02 Å². The fourth-order valence-electron chi connectivity index (χ4n) is 2.26. The van der Waals surface area contributed by atoms with E-state index in [2.05, 4.69) is 10.1 Å². The van der Waals surface area contributed by atoms with Crippen LogP contribution in [0.3, 0.4) is 0 Å². The Kier molecular flexibility index (Phi) is 3.16. The Hall–Kier alpha value is -1.69. The van der Waals surface area contributed by atoms with Crippen molar-refractivity contribution in [1.29, 1.82) is 0 Å². The van der Waals surface area contributed by atoms with Crippen LogP contribution in [-0.4, -0.2) is 12.3 Å². The highest BCUT2D eigenvalue weighted by Crippen LogP contribution is 2.49. The number of allylic oxidation sites excluding steroid dienone is 1. The summed E-state index contributed by atoms with van der Waals surface area (Å²) in [5.74, 6) is 0.112. The van der Waals surface area contributed by atoms with Crippen molar-refractivity contribution in [2.45, 2.75) is 24.6 Å². The number of carbonyl (C=O) groups excluding carboxylic acids is 1. The van der Waals surface area contributed by atoms with Gasteiger partial charge in [0.25, 0.3) is 5.60 Å². The van der Waals surface area contributed by atoms with Crippen LogP contribution in [0.4, 0.5) is 23.7 Å². The molecule has 3 rings (SSSR count). The molecule has 1 aliphatic carbocycles. The zero-order valence-corrected chi connectivity index (χ0v) is 11.5. The first-order valence-electron chi connectivity index (χ1n) is 6.38. The lowest BCUT2D eigenvalue weighted by atomic mass is 9.89. The SMILES string of the molecule is O=C1Nc2ccc(Cl)cc2[C@@](C=CC2CC2)(C(F)(F)F)O1. The largest absolute Gasteiger partial charge is 0.436 e. The van der Waals surface area contributed by atoms with Crippen LogP contribution in [0.1, 0.15) is 18.4 Å². The molecule has 1 heterocycles. The first kappa shape index (κ1) is 14.3. The molecule has 1 atom stereocenters. The first-order valence-corrected chi connectivity index (χ1v) is 6.76. The summed E-state index contributed by atoms with van der Waals surface area (Å²) in [5.41, 5.74) is -2.95. The number of ether oxygens (including phenoxy) is 1. The van der Waals surface area contributed by atoms with Crippen LogP contribution in [0.5, 0.6) is 0 Å². The number of anilines is 1. The van der Waals surface area contributed by atoms with E-state index in [1.165, 1.54) is 24.3 Å². The summed E-state index contributed by atoms with van der Waals surface area (Å²) in [7, 11) is 0. The number of hydrogen-bond donors (Lipinski definition) is 1. The molecule has 0 unspecified atom stereocenters. The van der Waals surface area contributed by atoms with Gasteiger partial charge in [-0.2, -0.15) is 13.2 Å². The van der Waals surface area contributed by atoms with Crippen molar-refractivity contribution in [3.63, 3.8) is 0 Å². The Labute approximate surface area is 123 Å². The van der Waals surface area contributed by atoms with E-state index in [4.69, 9.17) is 11.6 Å². The molecule has 1 N–H and O–H groups in total. The number of cyclic esters (lactones) is 1. The maximum atomic E-state index is 13.7. The van der Waals surface area contributed by atoms with E-state index in [-0.39, 0.29) is 22.2 Å². The number of alkyl halides is 3. The molecule has 7 heteroatoms. The molecule has 0 bridgehead atoms. The minimum Gasteiger partial charge on any atom is -0.424 e. The molecule has 0 saturated heterocycles. The van der Waals surface area contributed by atoms with Crippen molar-refractivity contribution in [2.75, 3.05) is 5.32 Å². The predicted octanol–water partition coefficient (Wildman–Crippen LogP) is 4.63. The summed E-state index contributed by atoms with van der Waals surface area (Å²) in [6.45, 7) is 0. The maximum absolute atomic E-state index is 13.7. The number of rotatable bonds is 2. The average Bonchev–Trinajstić information content (AvgIpc) is 3.19. The first-order chi connectivity index (χ1) is 9.82. The Bertz CT molecular complexity index is 625. The number of halogens is 4. The van der Waals surface area contributed by atoms with Crippen molar-refractivity contribution in [1.82, 2.24) is 0 Å². The summed E-state index contributed by atoms with van der Waals surface area (Å²) in [4.78, 5) is 11.5. The van der Waals surface area contributed by atoms with Gasteiger partial charge >= 0.3 is 12.3 Å². The number of nitrogens with one attached hydrogen (secondary N) is 1. The molecule has 1 saturated carbocycles. The van der Waals surface area contributed by atoms with E-state index < -0.39 is 17.9 Å². The van der Waals surface area contributed by atoms with Crippen LogP contribution in [-0.2, 0) is 10.3 Å². The van der Waals surface area contributed by atoms with Crippen LogP contribution in [0, 0.1) is 5.92 Å². The van der Waals surface area contributed by atoms with Crippen molar-refractivity contribution >= 4 is 23.4 Å². The van der Waals surface area contributed by atoms with Crippen molar-refractivity contribution in [2.24, 2.45) is 5.92 Å². The van der Waals surface area contributed by atoms with Crippen molar-refractivity contribution in [3.05, 3.63) is 40.9 Å². The molecule has 3 nitrogen and oxygen atoms in total. The molecule has 0 aromatic heterocycles. The van der Waals surface area contributed by atoms with Crippen LogP contribution in [0.15, 0.2) is 30.4 Å². The van der Waals surface area contributed by atoms with E-state index in [1.807, 2.05) is 0 Å². The van der Waals surface area contributed by atoms with E-state index in [9.17, 15) is 18.0 Å². The van der Waals surface area contributed by atoms with E-state index >= 15 is 0 Å². The Morgan fingerprint density at radius 2 is 2.10 bits per heavy atom. The summed E-state index contributed by atoms with van der Waals surface area (Å²) >= 11 is 5.81. The van der Waals surface area contributed by atoms with Gasteiger partial charge in [-0.05, 0) is 43.0 Å². The topological polar surface area (TPSA) is 38.3 Å². The van der Waals surface area contributed by atoms with Gasteiger partial charge in [0, 0.05) is 10.6 Å². The van der Waals surface area contributed by atoms with Crippen LogP contribution >= 0.6 is 11.6 Å². The van der Waals surface area contributed by atoms with Gasteiger partial charge in [-0.15, -0.1) is 0 Å². The quantitative estimate of drug-likeness (QED) is 0.808. The number of hydrogen-bond acceptors (Lipinski definition) is 2. The maximum Gasteiger partial charge on any atom is 0.436 e. The van der Waals surface area contributed by atoms with Gasteiger partial charge in [0.05, 0.1) is 5.69 Å². The molecular formula is C14H11ClF3NO2. The van der Waals surface area contributed by atoms with Gasteiger partial charge in [-0.3, -0.25) is 5.32 Å². The van der Waals surface area contributed by atoms with Gasteiger partial charge in [0.1, 0.15) is 0 Å². The van der Waals surface area contributed by atoms with Crippen LogP contribution < -0.4 is 5.32 Å². The third kappa shape index (κ3) is 2.48. The predicted molar refractivity (Wildman–Crippen MR) is 71.2 cm³/mol. The molecule has 112 valence electrons. The summed E-state index contributed by atoms with van der Waals surface area (Å²) in [6, 6.07) is 3.92. The van der Waals surface area contributed by atoms with Crippen molar-refractivity contribution < 1.29 is 22.7 Å². The summed E-state index contributed by atoms with van der Waals surface area (Å²) in [5, 5.41) is 2.40. The average molecular weight is 318 g/mol. The lowest BCUT2D eigenvalue weighted by Crippen LogP contribution is -2.49. The zero-order chi connectivity index (χ0) is 15.3. The summed E-state index contributed by atoms with van der Waals surface area (Å²) < 4.78 is 45.6. The highest BCUT2D eigenvalue weighted by molar-refractivity contribution is 6.30. The summed E-state index contributed by atoms with van der Waals surface area (Å²) in [6.07, 6.45) is -1.84. The molecule has 1 aliphatic heterocycles. The Morgan fingerprint density at radius 1 is 1.38 bits per heavy atom. The third-order valence-electron chi connectivity index (χ3n) is 3.52. The molecular weight excluding hydrogens is 307 g/mol. The molecule has 2 aliphatic rings. The molecule has 1 fully saturated rings. The molecule has 21 heavy (non-hydrogen) atoms. The standard InChI is InChI=1S/C14H11ClF3NO2/c15-9-3-4-11-10(7-9)13(14(16,17)18,21-12(20)19-11)6-5-8-1-2-8/h3-8H,1-2H2,(H,19,20)/t13-/m0/s1. The Morgan fingerprint density at radius 3 is 2.71 bits per heavy atom. The van der Waals surface area contributed by atoms with Crippen LogP contribution in [0.25, 0.3) is 0 Å². The second kappa shape index (κ2) is 4.66. The van der Waals surface area contributed by atoms with E-state index in [0.29, 0.717) is 0 Å². The molecule has 1 aromatic carbocycles.